The number of H-pyrrole nitrogens is 1. The van der Waals surface area contributed by atoms with Crippen LogP contribution in [0.3, 0.4) is 0 Å². The van der Waals surface area contributed by atoms with Gasteiger partial charge in [-0.15, -0.1) is 0 Å². The molecule has 3 aromatic rings. The number of nitrogens with one attached hydrogen (secondary N) is 1. The summed E-state index contributed by atoms with van der Waals surface area (Å²) < 4.78 is 0. The first kappa shape index (κ1) is 12.1. The molecule has 1 aromatic carbocycles. The molecule has 0 amide bonds. The maximum Gasteiger partial charge on any atom is 0.271 e. The Labute approximate surface area is 113 Å². The van der Waals surface area contributed by atoms with E-state index in [9.17, 15) is 10.1 Å². The summed E-state index contributed by atoms with van der Waals surface area (Å²) in [5.41, 5.74) is 8.99. The Morgan fingerprint density at radius 3 is 2.75 bits per heavy atom. The lowest BCUT2D eigenvalue weighted by Gasteiger charge is -2.01. The van der Waals surface area contributed by atoms with Crippen molar-refractivity contribution < 1.29 is 4.92 Å². The maximum absolute atomic E-state index is 10.7. The molecule has 0 aliphatic heterocycles. The number of aromatic nitrogens is 3. The van der Waals surface area contributed by atoms with Gasteiger partial charge in [0.15, 0.2) is 5.65 Å². The van der Waals surface area contributed by atoms with Gasteiger partial charge in [-0.25, -0.2) is 9.97 Å². The van der Waals surface area contributed by atoms with Crippen LogP contribution in [0.5, 0.6) is 0 Å². The maximum atomic E-state index is 10.7. The van der Waals surface area contributed by atoms with Crippen molar-refractivity contribution in [1.82, 2.24) is 15.0 Å². The van der Waals surface area contributed by atoms with Crippen molar-refractivity contribution >= 4 is 22.5 Å². The minimum Gasteiger partial charge on any atom is -0.398 e. The number of nitrogen functional groups attached to an aromatic ring is 1. The van der Waals surface area contributed by atoms with E-state index < -0.39 is 4.92 Å². The van der Waals surface area contributed by atoms with E-state index >= 15 is 0 Å². The quantitative estimate of drug-likeness (QED) is 0.421. The number of rotatable bonds is 2. The second kappa shape index (κ2) is 4.30. The molecule has 20 heavy (non-hydrogen) atoms. The molecular formula is C13H11N5O2. The minimum absolute atomic E-state index is 0.0451. The highest BCUT2D eigenvalue weighted by atomic mass is 16.6. The van der Waals surface area contributed by atoms with Gasteiger partial charge in [0.25, 0.3) is 5.69 Å². The number of nitrogens with two attached hydrogens (primary N) is 1. The number of nitrogens with zero attached hydrogens (tertiary/aromatic N) is 3. The Balaban J connectivity index is 2.13. The molecule has 0 aliphatic rings. The second-order valence-corrected chi connectivity index (χ2v) is 4.44. The number of fused-ring (bicyclic) bond motifs is 1. The first-order valence-corrected chi connectivity index (χ1v) is 5.92. The summed E-state index contributed by atoms with van der Waals surface area (Å²) in [7, 11) is 0. The largest absolute Gasteiger partial charge is 0.398 e. The predicted molar refractivity (Wildman–Crippen MR) is 75.1 cm³/mol. The molecule has 100 valence electrons. The molecule has 3 N–H and O–H groups in total. The number of non-ortho nitro benzene ring substituents is 1. The van der Waals surface area contributed by atoms with E-state index in [0.717, 1.165) is 11.2 Å². The van der Waals surface area contributed by atoms with Crippen molar-refractivity contribution in [1.29, 1.82) is 0 Å². The minimum atomic E-state index is -0.482. The number of nitro groups is 1. The summed E-state index contributed by atoms with van der Waals surface area (Å²) in [6.45, 7) is 1.88. The molecule has 0 radical (unpaired) electrons. The van der Waals surface area contributed by atoms with Crippen molar-refractivity contribution in [3.05, 3.63) is 46.1 Å². The molecule has 7 nitrogen and oxygen atoms in total. The van der Waals surface area contributed by atoms with Crippen molar-refractivity contribution in [2.24, 2.45) is 0 Å². The van der Waals surface area contributed by atoms with E-state index in [4.69, 9.17) is 5.73 Å². The topological polar surface area (TPSA) is 111 Å². The third kappa shape index (κ3) is 1.95. The van der Waals surface area contributed by atoms with Gasteiger partial charge in [0, 0.05) is 29.1 Å². The van der Waals surface area contributed by atoms with Crippen LogP contribution in [0.15, 0.2) is 30.3 Å². The summed E-state index contributed by atoms with van der Waals surface area (Å²) >= 11 is 0. The monoisotopic (exact) mass is 269 g/mol. The average molecular weight is 269 g/mol. The van der Waals surface area contributed by atoms with E-state index in [2.05, 4.69) is 15.0 Å². The van der Waals surface area contributed by atoms with Crippen LogP contribution in [-0.4, -0.2) is 19.9 Å². The van der Waals surface area contributed by atoms with Crippen LogP contribution in [0.2, 0.25) is 0 Å². The lowest BCUT2D eigenvalue weighted by molar-refractivity contribution is -0.384. The normalized spacial score (nSPS) is 10.8. The Kier molecular flexibility index (Phi) is 2.60. The molecule has 0 saturated heterocycles. The molecular weight excluding hydrogens is 258 g/mol. The zero-order valence-corrected chi connectivity index (χ0v) is 10.6. The van der Waals surface area contributed by atoms with Gasteiger partial charge in [0.1, 0.15) is 5.82 Å². The third-order valence-electron chi connectivity index (χ3n) is 2.99. The number of nitro benzene ring substituents is 1. The standard InChI is InChI=1S/C13H11N5O2/c1-7-2-5-11-13(15-7)17-12(16-11)9-4-3-8(18(19)20)6-10(9)14/h2-6H,14H2,1H3,(H,15,16,17). The zero-order chi connectivity index (χ0) is 14.3. The van der Waals surface area contributed by atoms with Crippen LogP contribution in [0, 0.1) is 17.0 Å². The number of aromatic amines is 1. The first-order chi connectivity index (χ1) is 9.54. The fourth-order valence-corrected chi connectivity index (χ4v) is 1.99. The molecule has 0 atom stereocenters. The van der Waals surface area contributed by atoms with E-state index in [1.165, 1.54) is 12.1 Å². The molecule has 7 heteroatoms. The average Bonchev–Trinajstić information content (AvgIpc) is 2.80. The van der Waals surface area contributed by atoms with Crippen molar-refractivity contribution in [2.75, 3.05) is 5.73 Å². The van der Waals surface area contributed by atoms with E-state index in [1.807, 2.05) is 19.1 Å². The number of pyridine rings is 1. The summed E-state index contributed by atoms with van der Waals surface area (Å²) in [4.78, 5) is 22.0. The van der Waals surface area contributed by atoms with Crippen molar-refractivity contribution in [2.45, 2.75) is 6.92 Å². The number of hydrogen-bond acceptors (Lipinski definition) is 5. The number of imidazole rings is 1. The van der Waals surface area contributed by atoms with Gasteiger partial charge in [0.2, 0.25) is 0 Å². The third-order valence-corrected chi connectivity index (χ3v) is 2.99. The molecule has 0 fully saturated rings. The van der Waals surface area contributed by atoms with Crippen LogP contribution in [-0.2, 0) is 0 Å². The van der Waals surface area contributed by atoms with Crippen LogP contribution < -0.4 is 5.73 Å². The molecule has 2 aromatic heterocycles. The Morgan fingerprint density at radius 2 is 2.05 bits per heavy atom. The number of anilines is 1. The molecule has 0 spiro atoms. The lowest BCUT2D eigenvalue weighted by atomic mass is 10.1. The molecule has 2 heterocycles. The molecule has 3 rings (SSSR count). The summed E-state index contributed by atoms with van der Waals surface area (Å²) in [6.07, 6.45) is 0. The lowest BCUT2D eigenvalue weighted by Crippen LogP contribution is -1.94. The van der Waals surface area contributed by atoms with Crippen molar-refractivity contribution in [3.63, 3.8) is 0 Å². The Hall–Kier alpha value is -2.96. The van der Waals surface area contributed by atoms with Crippen LogP contribution in [0.4, 0.5) is 11.4 Å². The number of benzene rings is 1. The smallest absolute Gasteiger partial charge is 0.271 e. The van der Waals surface area contributed by atoms with Crippen LogP contribution in [0.25, 0.3) is 22.6 Å². The Morgan fingerprint density at radius 1 is 1.25 bits per heavy atom. The van der Waals surface area contributed by atoms with Gasteiger partial charge in [-0.1, -0.05) is 0 Å². The molecule has 0 unspecified atom stereocenters. The second-order valence-electron chi connectivity index (χ2n) is 4.44. The fourth-order valence-electron chi connectivity index (χ4n) is 1.99. The van der Waals surface area contributed by atoms with E-state index in [0.29, 0.717) is 22.7 Å². The molecule has 0 saturated carbocycles. The van der Waals surface area contributed by atoms with Gasteiger partial charge < -0.3 is 10.7 Å². The van der Waals surface area contributed by atoms with Gasteiger partial charge in [-0.3, -0.25) is 10.1 Å². The summed E-state index contributed by atoms with van der Waals surface area (Å²) in [5, 5.41) is 10.7. The molecule has 0 bridgehead atoms. The van der Waals surface area contributed by atoms with Gasteiger partial charge in [0.05, 0.1) is 10.4 Å². The highest BCUT2D eigenvalue weighted by molar-refractivity contribution is 5.81. The summed E-state index contributed by atoms with van der Waals surface area (Å²) in [5.74, 6) is 0.547. The zero-order valence-electron chi connectivity index (χ0n) is 10.6. The van der Waals surface area contributed by atoms with Crippen LogP contribution >= 0.6 is 0 Å². The van der Waals surface area contributed by atoms with Gasteiger partial charge >= 0.3 is 0 Å². The highest BCUT2D eigenvalue weighted by Gasteiger charge is 2.13. The van der Waals surface area contributed by atoms with E-state index in [-0.39, 0.29) is 5.69 Å². The van der Waals surface area contributed by atoms with Crippen molar-refractivity contribution in [3.8, 4) is 11.4 Å². The first-order valence-electron chi connectivity index (χ1n) is 5.92. The van der Waals surface area contributed by atoms with Crippen LogP contribution in [0.1, 0.15) is 5.69 Å². The number of aryl methyl sites for hydroxylation is 1. The highest BCUT2D eigenvalue weighted by Crippen LogP contribution is 2.28. The predicted octanol–water partition coefficient (Wildman–Crippen LogP) is 2.42. The van der Waals surface area contributed by atoms with Gasteiger partial charge in [-0.2, -0.15) is 0 Å². The van der Waals surface area contributed by atoms with Gasteiger partial charge in [-0.05, 0) is 25.1 Å². The molecule has 0 aliphatic carbocycles. The Bertz CT molecular complexity index is 825. The fraction of sp³-hybridized carbons (Fsp3) is 0.0769. The number of hydrogen-bond donors (Lipinski definition) is 2. The SMILES string of the molecule is Cc1ccc2[nH]c(-c3ccc([N+](=O)[O-])cc3N)nc2n1. The summed E-state index contributed by atoms with van der Waals surface area (Å²) in [6, 6.07) is 8.07. The van der Waals surface area contributed by atoms with E-state index in [1.54, 1.807) is 6.07 Å².